The molecule has 3 aromatic rings. The molecule has 2 N–H and O–H groups in total. The van der Waals surface area contributed by atoms with Crippen molar-refractivity contribution in [1.82, 2.24) is 20.7 Å². The van der Waals surface area contributed by atoms with Crippen LogP contribution in [0.25, 0.3) is 0 Å². The molecule has 5 rings (SSSR count). The highest BCUT2D eigenvalue weighted by atomic mass is 16.5. The first-order valence-electron chi connectivity index (χ1n) is 14.2. The molecule has 10 heteroatoms. The summed E-state index contributed by atoms with van der Waals surface area (Å²) in [5.74, 6) is -0.536. The Morgan fingerprint density at radius 1 is 0.595 bits per heavy atom. The van der Waals surface area contributed by atoms with Crippen molar-refractivity contribution in [2.24, 2.45) is 10.2 Å². The molecule has 0 unspecified atom stereocenters. The molecule has 2 amide bonds. The highest BCUT2D eigenvalue weighted by Gasteiger charge is 2.12. The molecule has 2 heterocycles. The zero-order chi connectivity index (χ0) is 29.0. The average molecular weight is 569 g/mol. The summed E-state index contributed by atoms with van der Waals surface area (Å²) < 4.78 is 10.8. The number of carbonyl (C=O) groups excluding carboxylic acids is 2. The van der Waals surface area contributed by atoms with Gasteiger partial charge in [0.25, 0.3) is 11.8 Å². The summed E-state index contributed by atoms with van der Waals surface area (Å²) in [6.07, 6.45) is 3.16. The van der Waals surface area contributed by atoms with Crippen LogP contribution in [0, 0.1) is 0 Å². The van der Waals surface area contributed by atoms with Gasteiger partial charge in [-0.25, -0.2) is 10.9 Å². The smallest absolute Gasteiger partial charge is 0.271 e. The quantitative estimate of drug-likeness (QED) is 0.288. The molecule has 0 atom stereocenters. The van der Waals surface area contributed by atoms with Crippen molar-refractivity contribution < 1.29 is 19.1 Å². The third-order valence-corrected chi connectivity index (χ3v) is 7.15. The highest BCUT2D eigenvalue weighted by Crippen LogP contribution is 2.11. The van der Waals surface area contributed by atoms with Crippen molar-refractivity contribution in [2.45, 2.75) is 13.1 Å². The molecule has 0 aromatic heterocycles. The zero-order valence-electron chi connectivity index (χ0n) is 23.6. The standard InChI is InChI=1S/C32H36N6O4/c39-31(29-9-5-27(6-10-29)23-37-13-17-41-18-14-37)35-33-21-25-1-2-26(4-3-25)22-34-36-32(40)30-11-7-28(8-12-30)24-38-15-19-42-20-16-38/h1-12,21-22H,13-20,23-24H2,(H,35,39)(H,36,40)/b33-21+,34-22+. The number of rotatable bonds is 10. The van der Waals surface area contributed by atoms with Crippen LogP contribution in [0.5, 0.6) is 0 Å². The Labute approximate surface area is 246 Å². The Balaban J connectivity index is 1.04. The summed E-state index contributed by atoms with van der Waals surface area (Å²) in [5.41, 5.74) is 10.2. The van der Waals surface area contributed by atoms with Gasteiger partial charge in [-0.15, -0.1) is 0 Å². The van der Waals surface area contributed by atoms with Gasteiger partial charge in [-0.1, -0.05) is 48.5 Å². The lowest BCUT2D eigenvalue weighted by Gasteiger charge is -2.26. The van der Waals surface area contributed by atoms with Crippen molar-refractivity contribution >= 4 is 24.2 Å². The molecule has 2 aliphatic rings. The predicted octanol–water partition coefficient (Wildman–Crippen LogP) is 2.88. The lowest BCUT2D eigenvalue weighted by Crippen LogP contribution is -2.35. The van der Waals surface area contributed by atoms with Crippen molar-refractivity contribution in [3.63, 3.8) is 0 Å². The largest absolute Gasteiger partial charge is 0.379 e. The van der Waals surface area contributed by atoms with Crippen LogP contribution in [-0.2, 0) is 22.6 Å². The number of amides is 2. The van der Waals surface area contributed by atoms with E-state index < -0.39 is 0 Å². The van der Waals surface area contributed by atoms with Gasteiger partial charge in [0.1, 0.15) is 0 Å². The number of hydrogen-bond donors (Lipinski definition) is 2. The fourth-order valence-corrected chi connectivity index (χ4v) is 4.69. The monoisotopic (exact) mass is 568 g/mol. The molecular formula is C32H36N6O4. The number of hydrazone groups is 2. The summed E-state index contributed by atoms with van der Waals surface area (Å²) >= 11 is 0. The van der Waals surface area contributed by atoms with Crippen LogP contribution in [0.4, 0.5) is 0 Å². The maximum absolute atomic E-state index is 12.5. The topological polar surface area (TPSA) is 108 Å². The molecule has 0 bridgehead atoms. The highest BCUT2D eigenvalue weighted by molar-refractivity contribution is 5.95. The first-order valence-corrected chi connectivity index (χ1v) is 14.2. The Morgan fingerprint density at radius 3 is 1.31 bits per heavy atom. The second-order valence-electron chi connectivity index (χ2n) is 10.2. The third kappa shape index (κ3) is 8.89. The minimum absolute atomic E-state index is 0.268. The Kier molecular flexibility index (Phi) is 10.5. The SMILES string of the molecule is O=C(N/N=C/c1ccc(/C=N/NC(=O)c2ccc(CN3CCOCC3)cc2)cc1)c1ccc(CN2CCOCC2)cc1. The maximum Gasteiger partial charge on any atom is 0.271 e. The van der Waals surface area contributed by atoms with Crippen molar-refractivity contribution in [2.75, 3.05) is 52.6 Å². The van der Waals surface area contributed by atoms with E-state index in [9.17, 15) is 9.59 Å². The molecule has 10 nitrogen and oxygen atoms in total. The van der Waals surface area contributed by atoms with E-state index in [-0.39, 0.29) is 11.8 Å². The average Bonchev–Trinajstić information content (AvgIpc) is 3.03. The molecule has 2 fully saturated rings. The summed E-state index contributed by atoms with van der Waals surface area (Å²) in [4.78, 5) is 29.6. The summed E-state index contributed by atoms with van der Waals surface area (Å²) in [6.45, 7) is 8.44. The lowest BCUT2D eigenvalue weighted by atomic mass is 10.1. The van der Waals surface area contributed by atoms with Gasteiger partial charge in [0.15, 0.2) is 0 Å². The first kappa shape index (κ1) is 29.3. The number of benzene rings is 3. The van der Waals surface area contributed by atoms with Gasteiger partial charge in [0.2, 0.25) is 0 Å². The second-order valence-corrected chi connectivity index (χ2v) is 10.2. The number of nitrogens with one attached hydrogen (secondary N) is 2. The van der Waals surface area contributed by atoms with E-state index in [4.69, 9.17) is 9.47 Å². The Bertz CT molecular complexity index is 1260. The molecule has 0 saturated carbocycles. The predicted molar refractivity (Wildman–Crippen MR) is 162 cm³/mol. The van der Waals surface area contributed by atoms with E-state index in [1.165, 1.54) is 0 Å². The van der Waals surface area contributed by atoms with Crippen molar-refractivity contribution in [3.8, 4) is 0 Å². The van der Waals surface area contributed by atoms with Crippen molar-refractivity contribution in [1.29, 1.82) is 0 Å². The van der Waals surface area contributed by atoms with E-state index in [1.54, 1.807) is 12.4 Å². The van der Waals surface area contributed by atoms with Crippen LogP contribution in [-0.4, -0.2) is 86.6 Å². The maximum atomic E-state index is 12.5. The molecule has 0 radical (unpaired) electrons. The van der Waals surface area contributed by atoms with Crippen LogP contribution in [0.2, 0.25) is 0 Å². The van der Waals surface area contributed by atoms with E-state index in [0.29, 0.717) is 11.1 Å². The molecular weight excluding hydrogens is 532 g/mol. The van der Waals surface area contributed by atoms with E-state index in [1.807, 2.05) is 72.8 Å². The number of hydrogen-bond acceptors (Lipinski definition) is 8. The van der Waals surface area contributed by atoms with Gasteiger partial charge in [0.05, 0.1) is 38.9 Å². The molecule has 3 aromatic carbocycles. The van der Waals surface area contributed by atoms with Crippen LogP contribution in [0.1, 0.15) is 43.0 Å². The summed E-state index contributed by atoms with van der Waals surface area (Å²) in [5, 5.41) is 8.15. The van der Waals surface area contributed by atoms with Crippen molar-refractivity contribution in [3.05, 3.63) is 106 Å². The van der Waals surface area contributed by atoms with Crippen LogP contribution < -0.4 is 10.9 Å². The lowest BCUT2D eigenvalue weighted by molar-refractivity contribution is 0.0341. The molecule has 2 aliphatic heterocycles. The Morgan fingerprint density at radius 2 is 0.952 bits per heavy atom. The molecule has 2 saturated heterocycles. The van der Waals surface area contributed by atoms with Gasteiger partial charge in [-0.3, -0.25) is 19.4 Å². The van der Waals surface area contributed by atoms with Crippen LogP contribution >= 0.6 is 0 Å². The molecule has 42 heavy (non-hydrogen) atoms. The zero-order valence-corrected chi connectivity index (χ0v) is 23.6. The number of morpholine rings is 2. The fourth-order valence-electron chi connectivity index (χ4n) is 4.69. The van der Waals surface area contributed by atoms with Gasteiger partial charge in [-0.05, 0) is 46.5 Å². The van der Waals surface area contributed by atoms with Gasteiger partial charge < -0.3 is 9.47 Å². The summed E-state index contributed by atoms with van der Waals surface area (Å²) in [7, 11) is 0. The van der Waals surface area contributed by atoms with E-state index >= 15 is 0 Å². The number of carbonyl (C=O) groups is 2. The normalized spacial score (nSPS) is 16.6. The molecule has 0 spiro atoms. The van der Waals surface area contributed by atoms with Gasteiger partial charge >= 0.3 is 0 Å². The van der Waals surface area contributed by atoms with Gasteiger partial charge in [-0.2, -0.15) is 10.2 Å². The minimum atomic E-state index is -0.268. The first-order chi connectivity index (χ1) is 20.6. The van der Waals surface area contributed by atoms with Crippen LogP contribution in [0.15, 0.2) is 83.0 Å². The molecule has 218 valence electrons. The second kappa shape index (κ2) is 15.1. The van der Waals surface area contributed by atoms with E-state index in [0.717, 1.165) is 87.9 Å². The minimum Gasteiger partial charge on any atom is -0.379 e. The summed E-state index contributed by atoms with van der Waals surface area (Å²) in [6, 6.07) is 22.6. The third-order valence-electron chi connectivity index (χ3n) is 7.15. The molecule has 0 aliphatic carbocycles. The fraction of sp³-hybridized carbons (Fsp3) is 0.312. The number of ether oxygens (including phenoxy) is 2. The van der Waals surface area contributed by atoms with Gasteiger partial charge in [0, 0.05) is 50.4 Å². The van der Waals surface area contributed by atoms with E-state index in [2.05, 4.69) is 30.9 Å². The van der Waals surface area contributed by atoms with Crippen LogP contribution in [0.3, 0.4) is 0 Å². The Hall–Kier alpha value is -4.22. The number of nitrogens with zero attached hydrogens (tertiary/aromatic N) is 4.